The Balaban J connectivity index is 2.42. The van der Waals surface area contributed by atoms with Crippen LogP contribution in [0, 0.1) is 0 Å². The van der Waals surface area contributed by atoms with Gasteiger partial charge in [0.25, 0.3) is 0 Å². The van der Waals surface area contributed by atoms with Crippen molar-refractivity contribution in [3.8, 4) is 0 Å². The van der Waals surface area contributed by atoms with E-state index in [9.17, 15) is 14.4 Å². The number of nitrogens with zero attached hydrogens (tertiary/aromatic N) is 1. The quantitative estimate of drug-likeness (QED) is 0.632. The fourth-order valence-corrected chi connectivity index (χ4v) is 1.69. The highest BCUT2D eigenvalue weighted by molar-refractivity contribution is 7.09. The summed E-state index contributed by atoms with van der Waals surface area (Å²) in [6.07, 6.45) is 1.16. The van der Waals surface area contributed by atoms with Crippen molar-refractivity contribution in [3.63, 3.8) is 0 Å². The number of esters is 1. The minimum absolute atomic E-state index is 0.237. The van der Waals surface area contributed by atoms with Crippen LogP contribution in [0.15, 0.2) is 11.7 Å². The Kier molecular flexibility index (Phi) is 5.73. The van der Waals surface area contributed by atoms with Gasteiger partial charge in [0, 0.05) is 11.1 Å². The molecule has 1 aromatic rings. The Labute approximate surface area is 112 Å². The third-order valence-corrected chi connectivity index (χ3v) is 2.89. The highest BCUT2D eigenvalue weighted by atomic mass is 32.1. The van der Waals surface area contributed by atoms with Gasteiger partial charge in [0.2, 0.25) is 0 Å². The lowest BCUT2D eigenvalue weighted by atomic mass is 10.2. The number of methoxy groups -OCH3 is 1. The molecule has 104 valence electrons. The van der Waals surface area contributed by atoms with Gasteiger partial charge in [-0.15, -0.1) is 11.3 Å². The fourth-order valence-electron chi connectivity index (χ4n) is 1.16. The number of aliphatic carboxylic acids is 1. The number of hydrogen-bond donors (Lipinski definition) is 3. The van der Waals surface area contributed by atoms with Crippen molar-refractivity contribution < 1.29 is 24.2 Å². The van der Waals surface area contributed by atoms with Crippen LogP contribution in [-0.2, 0) is 20.9 Å². The number of amides is 2. The first-order valence-corrected chi connectivity index (χ1v) is 6.12. The number of urea groups is 1. The van der Waals surface area contributed by atoms with E-state index in [-0.39, 0.29) is 6.54 Å². The molecule has 0 spiro atoms. The Bertz CT molecular complexity index is 448. The van der Waals surface area contributed by atoms with Crippen LogP contribution in [0.1, 0.15) is 11.3 Å². The van der Waals surface area contributed by atoms with Crippen molar-refractivity contribution >= 4 is 29.3 Å². The van der Waals surface area contributed by atoms with Crippen LogP contribution < -0.4 is 10.6 Å². The number of nitrogens with one attached hydrogen (secondary N) is 2. The fraction of sp³-hybridized carbons (Fsp3) is 0.400. The second-order valence-electron chi connectivity index (χ2n) is 3.47. The number of thiazole rings is 1. The van der Waals surface area contributed by atoms with Gasteiger partial charge in [-0.25, -0.2) is 9.59 Å². The van der Waals surface area contributed by atoms with Crippen molar-refractivity contribution in [2.24, 2.45) is 0 Å². The first kappa shape index (κ1) is 14.9. The van der Waals surface area contributed by atoms with E-state index in [1.165, 1.54) is 11.3 Å². The molecular weight excluding hydrogens is 274 g/mol. The van der Waals surface area contributed by atoms with Crippen LogP contribution >= 0.6 is 11.3 Å². The van der Waals surface area contributed by atoms with Crippen LogP contribution in [0.25, 0.3) is 0 Å². The van der Waals surface area contributed by atoms with E-state index in [0.29, 0.717) is 0 Å². The summed E-state index contributed by atoms with van der Waals surface area (Å²) < 4.78 is 4.35. The molecular formula is C10H13N3O5S. The summed E-state index contributed by atoms with van der Waals surface area (Å²) in [6.45, 7) is 0.237. The standard InChI is InChI=1S/C10H13N3O5S/c1-18-8(14)2-7(9(15)16)13-10(17)12-4-6-3-11-5-19-6/h3,5,7H,2,4H2,1H3,(H,15,16)(H2,12,13,17)/t7-/m0/s1. The zero-order chi connectivity index (χ0) is 14.3. The second-order valence-corrected chi connectivity index (χ2v) is 4.44. The lowest BCUT2D eigenvalue weighted by Gasteiger charge is -2.13. The first-order chi connectivity index (χ1) is 9.02. The molecule has 0 radical (unpaired) electrons. The normalized spacial score (nSPS) is 11.4. The molecule has 9 heteroatoms. The monoisotopic (exact) mass is 287 g/mol. The molecule has 8 nitrogen and oxygen atoms in total. The van der Waals surface area contributed by atoms with E-state index in [1.54, 1.807) is 11.7 Å². The van der Waals surface area contributed by atoms with Gasteiger partial charge in [0.1, 0.15) is 6.04 Å². The van der Waals surface area contributed by atoms with Crippen LogP contribution in [0.2, 0.25) is 0 Å². The minimum Gasteiger partial charge on any atom is -0.480 e. The number of aromatic nitrogens is 1. The summed E-state index contributed by atoms with van der Waals surface area (Å²) in [5.74, 6) is -2.02. The molecule has 1 aromatic heterocycles. The first-order valence-electron chi connectivity index (χ1n) is 5.24. The highest BCUT2D eigenvalue weighted by Gasteiger charge is 2.23. The number of carbonyl (C=O) groups is 3. The zero-order valence-electron chi connectivity index (χ0n) is 10.1. The Morgan fingerprint density at radius 2 is 2.26 bits per heavy atom. The average molecular weight is 287 g/mol. The lowest BCUT2D eigenvalue weighted by molar-refractivity contribution is -0.147. The molecule has 19 heavy (non-hydrogen) atoms. The van der Waals surface area contributed by atoms with Gasteiger partial charge in [-0.1, -0.05) is 0 Å². The summed E-state index contributed by atoms with van der Waals surface area (Å²) >= 11 is 1.36. The van der Waals surface area contributed by atoms with E-state index in [4.69, 9.17) is 5.11 Å². The topological polar surface area (TPSA) is 118 Å². The van der Waals surface area contributed by atoms with Crippen LogP contribution in [0.4, 0.5) is 4.79 Å². The Morgan fingerprint density at radius 3 is 2.79 bits per heavy atom. The number of hydrogen-bond acceptors (Lipinski definition) is 6. The van der Waals surface area contributed by atoms with E-state index in [2.05, 4.69) is 20.4 Å². The largest absolute Gasteiger partial charge is 0.480 e. The van der Waals surface area contributed by atoms with Crippen LogP contribution in [-0.4, -0.2) is 41.2 Å². The predicted octanol–water partition coefficient (Wildman–Crippen LogP) is -0.0414. The molecule has 1 rings (SSSR count). The van der Waals surface area contributed by atoms with Crippen molar-refractivity contribution in [2.75, 3.05) is 7.11 Å². The van der Waals surface area contributed by atoms with Gasteiger partial charge in [-0.3, -0.25) is 9.78 Å². The van der Waals surface area contributed by atoms with Crippen molar-refractivity contribution in [3.05, 3.63) is 16.6 Å². The molecule has 0 bridgehead atoms. The Morgan fingerprint density at radius 1 is 1.53 bits per heavy atom. The van der Waals surface area contributed by atoms with Gasteiger partial charge >= 0.3 is 18.0 Å². The van der Waals surface area contributed by atoms with Gasteiger partial charge in [0.15, 0.2) is 0 Å². The molecule has 0 saturated heterocycles. The molecule has 0 aliphatic carbocycles. The van der Waals surface area contributed by atoms with Crippen molar-refractivity contribution in [1.82, 2.24) is 15.6 Å². The Hall–Kier alpha value is -2.16. The molecule has 0 aliphatic rings. The van der Waals surface area contributed by atoms with E-state index in [0.717, 1.165) is 12.0 Å². The van der Waals surface area contributed by atoms with Gasteiger partial charge in [-0.05, 0) is 0 Å². The van der Waals surface area contributed by atoms with Gasteiger partial charge < -0.3 is 20.5 Å². The summed E-state index contributed by atoms with van der Waals surface area (Å²) in [7, 11) is 1.14. The van der Waals surface area contributed by atoms with Crippen LogP contribution in [0.5, 0.6) is 0 Å². The minimum atomic E-state index is -1.33. The molecule has 0 saturated carbocycles. The smallest absolute Gasteiger partial charge is 0.326 e. The van der Waals surface area contributed by atoms with Crippen molar-refractivity contribution in [2.45, 2.75) is 19.0 Å². The van der Waals surface area contributed by atoms with Crippen molar-refractivity contribution in [1.29, 1.82) is 0 Å². The maximum absolute atomic E-state index is 11.5. The average Bonchev–Trinajstić information content (AvgIpc) is 2.88. The maximum atomic E-state index is 11.5. The molecule has 3 N–H and O–H groups in total. The summed E-state index contributed by atoms with van der Waals surface area (Å²) in [4.78, 5) is 38.0. The summed E-state index contributed by atoms with van der Waals surface area (Å²) in [6, 6.07) is -2.00. The van der Waals surface area contributed by atoms with Crippen LogP contribution in [0.3, 0.4) is 0 Å². The summed E-state index contributed by atoms with van der Waals surface area (Å²) in [5, 5.41) is 13.5. The molecule has 0 aromatic carbocycles. The van der Waals surface area contributed by atoms with Gasteiger partial charge in [0.05, 0.1) is 25.6 Å². The van der Waals surface area contributed by atoms with Gasteiger partial charge in [-0.2, -0.15) is 0 Å². The molecule has 1 atom stereocenters. The molecule has 0 fully saturated rings. The van der Waals surface area contributed by atoms with E-state index in [1.807, 2.05) is 0 Å². The van der Waals surface area contributed by atoms with E-state index >= 15 is 0 Å². The number of carboxylic acids is 1. The number of ether oxygens (including phenoxy) is 1. The third kappa shape index (κ3) is 5.34. The second kappa shape index (κ2) is 7.31. The predicted molar refractivity (Wildman–Crippen MR) is 65.5 cm³/mol. The molecule has 1 heterocycles. The summed E-state index contributed by atoms with van der Waals surface area (Å²) in [5.41, 5.74) is 1.62. The number of rotatable bonds is 6. The number of carboxylic acid groups (broad SMARTS) is 1. The molecule has 2 amide bonds. The zero-order valence-corrected chi connectivity index (χ0v) is 10.9. The molecule has 0 unspecified atom stereocenters. The third-order valence-electron chi connectivity index (χ3n) is 2.11. The number of carbonyl (C=O) groups excluding carboxylic acids is 2. The van der Waals surface area contributed by atoms with E-state index < -0.39 is 30.4 Å². The highest BCUT2D eigenvalue weighted by Crippen LogP contribution is 2.04. The molecule has 0 aliphatic heterocycles. The maximum Gasteiger partial charge on any atom is 0.326 e. The lowest BCUT2D eigenvalue weighted by Crippen LogP contribution is -2.46. The SMILES string of the molecule is COC(=O)C[C@H](NC(=O)NCc1cncs1)C(=O)O.